The molecule has 4 unspecified atom stereocenters. The lowest BCUT2D eigenvalue weighted by molar-refractivity contribution is -0.140. The number of esters is 1. The minimum Gasteiger partial charge on any atom is -0.508 e. The summed E-state index contributed by atoms with van der Waals surface area (Å²) < 4.78 is 105. The molecule has 2 N–H and O–H groups in total. The lowest BCUT2D eigenvalue weighted by Crippen LogP contribution is -2.24. The molecule has 0 heterocycles. The lowest BCUT2D eigenvalue weighted by Gasteiger charge is -2.26. The molecule has 0 amide bonds. The van der Waals surface area contributed by atoms with Crippen LogP contribution in [0.25, 0.3) is 0 Å². The molecule has 8 nitrogen and oxygen atoms in total. The SMILES string of the molecule is CCOC(C)Oc1ccc(C(C)CC(CC(CC)C(=O)Oc2c(F)c(F)c(S(=O)(=O)O)c(F)c2F)c2ccc(O)cc2)cc1. The Labute approximate surface area is 253 Å². The number of carbonyl (C=O) groups is 1. The summed E-state index contributed by atoms with van der Waals surface area (Å²) in [6, 6.07) is 13.7. The first-order valence-electron chi connectivity index (χ1n) is 13.9. The van der Waals surface area contributed by atoms with E-state index in [1.54, 1.807) is 38.1 Å². The summed E-state index contributed by atoms with van der Waals surface area (Å²) >= 11 is 0. The van der Waals surface area contributed by atoms with Gasteiger partial charge in [0, 0.05) is 6.61 Å². The fourth-order valence-electron chi connectivity index (χ4n) is 4.88. The van der Waals surface area contributed by atoms with Crippen LogP contribution in [0.1, 0.15) is 69.9 Å². The van der Waals surface area contributed by atoms with Crippen LogP contribution in [0.2, 0.25) is 0 Å². The van der Waals surface area contributed by atoms with Gasteiger partial charge in [-0.25, -0.2) is 8.78 Å². The molecule has 44 heavy (non-hydrogen) atoms. The lowest BCUT2D eigenvalue weighted by atomic mass is 9.80. The Morgan fingerprint density at radius 2 is 1.39 bits per heavy atom. The summed E-state index contributed by atoms with van der Waals surface area (Å²) in [7, 11) is -5.67. The molecule has 4 atom stereocenters. The van der Waals surface area contributed by atoms with Crippen molar-refractivity contribution in [1.82, 2.24) is 0 Å². The van der Waals surface area contributed by atoms with Crippen molar-refractivity contribution in [3.05, 3.63) is 82.9 Å². The molecule has 0 aromatic heterocycles. The molecule has 3 aromatic rings. The number of rotatable bonds is 14. The van der Waals surface area contributed by atoms with Gasteiger partial charge < -0.3 is 19.3 Å². The summed E-state index contributed by atoms with van der Waals surface area (Å²) in [5.74, 6) is -13.2. The van der Waals surface area contributed by atoms with E-state index in [0.717, 1.165) is 11.1 Å². The largest absolute Gasteiger partial charge is 0.508 e. The van der Waals surface area contributed by atoms with Gasteiger partial charge in [0.15, 0.2) is 22.8 Å². The molecule has 0 aliphatic rings. The Bertz CT molecular complexity index is 1520. The second-order valence-corrected chi connectivity index (χ2v) is 11.6. The summed E-state index contributed by atoms with van der Waals surface area (Å²) in [5.41, 5.74) is 1.70. The Morgan fingerprint density at radius 1 is 0.841 bits per heavy atom. The molecule has 0 bridgehead atoms. The van der Waals surface area contributed by atoms with Crippen molar-refractivity contribution < 1.29 is 54.6 Å². The van der Waals surface area contributed by atoms with E-state index in [0.29, 0.717) is 18.8 Å². The maximum absolute atomic E-state index is 14.5. The zero-order valence-corrected chi connectivity index (χ0v) is 25.3. The van der Waals surface area contributed by atoms with Gasteiger partial charge >= 0.3 is 16.1 Å². The quantitative estimate of drug-likeness (QED) is 0.0471. The van der Waals surface area contributed by atoms with Gasteiger partial charge in [0.25, 0.3) is 0 Å². The van der Waals surface area contributed by atoms with Crippen LogP contribution in [0, 0.1) is 29.2 Å². The molecular weight excluding hydrogens is 608 g/mol. The van der Waals surface area contributed by atoms with E-state index in [4.69, 9.17) is 18.8 Å². The van der Waals surface area contributed by atoms with Crippen LogP contribution in [0.4, 0.5) is 17.6 Å². The van der Waals surface area contributed by atoms with Gasteiger partial charge in [-0.15, -0.1) is 0 Å². The van der Waals surface area contributed by atoms with E-state index < -0.39 is 62.2 Å². The fraction of sp³-hybridized carbons (Fsp3) is 0.387. The molecule has 0 fully saturated rings. The highest BCUT2D eigenvalue weighted by molar-refractivity contribution is 7.85. The van der Waals surface area contributed by atoms with E-state index in [1.165, 1.54) is 12.1 Å². The zero-order valence-electron chi connectivity index (χ0n) is 24.5. The highest BCUT2D eigenvalue weighted by Gasteiger charge is 2.35. The second kappa shape index (κ2) is 14.9. The van der Waals surface area contributed by atoms with E-state index in [1.807, 2.05) is 26.0 Å². The maximum Gasteiger partial charge on any atom is 0.314 e. The number of benzene rings is 3. The molecule has 0 radical (unpaired) electrons. The predicted octanol–water partition coefficient (Wildman–Crippen LogP) is 7.26. The molecule has 3 rings (SSSR count). The summed E-state index contributed by atoms with van der Waals surface area (Å²) in [4.78, 5) is 10.8. The van der Waals surface area contributed by atoms with Crippen molar-refractivity contribution in [2.24, 2.45) is 5.92 Å². The first-order chi connectivity index (χ1) is 20.7. The number of hydrogen-bond acceptors (Lipinski definition) is 7. The van der Waals surface area contributed by atoms with Gasteiger partial charge in [0.05, 0.1) is 5.92 Å². The molecule has 3 aromatic carbocycles. The van der Waals surface area contributed by atoms with Crippen molar-refractivity contribution in [2.45, 2.75) is 70.0 Å². The Hall–Kier alpha value is -3.68. The van der Waals surface area contributed by atoms with Gasteiger partial charge in [0.1, 0.15) is 11.5 Å². The van der Waals surface area contributed by atoms with Crippen LogP contribution in [-0.2, 0) is 19.6 Å². The van der Waals surface area contributed by atoms with Crippen molar-refractivity contribution in [1.29, 1.82) is 0 Å². The summed E-state index contributed by atoms with van der Waals surface area (Å²) in [5, 5.41) is 9.79. The average Bonchev–Trinajstić information content (AvgIpc) is 2.96. The molecule has 0 aliphatic carbocycles. The van der Waals surface area contributed by atoms with Crippen molar-refractivity contribution in [3.8, 4) is 17.2 Å². The first kappa shape index (κ1) is 34.8. The average molecular weight is 643 g/mol. The predicted molar refractivity (Wildman–Crippen MR) is 152 cm³/mol. The number of phenolic OH excluding ortho intramolecular Hbond substituents is 1. The van der Waals surface area contributed by atoms with Crippen LogP contribution < -0.4 is 9.47 Å². The van der Waals surface area contributed by atoms with Gasteiger partial charge in [-0.1, -0.05) is 38.1 Å². The standard InChI is InChI=1S/C31H34F4O8S/c1-5-19(31(37)43-29-25(32)27(34)30(44(38,39)40)28(35)26(29)33)16-22(21-7-11-23(36)12-8-21)15-17(3)20-9-13-24(14-10-20)42-18(4)41-6-2/h7-14,17-19,22,36H,5-6,15-16H2,1-4H3,(H,38,39,40). The third kappa shape index (κ3) is 8.48. The number of carbonyl (C=O) groups excluding carboxylic acids is 1. The maximum atomic E-state index is 14.5. The van der Waals surface area contributed by atoms with Crippen LogP contribution >= 0.6 is 0 Å². The Morgan fingerprint density at radius 3 is 1.89 bits per heavy atom. The molecule has 0 aliphatic heterocycles. The minimum atomic E-state index is -5.67. The Kier molecular flexibility index (Phi) is 11.8. The number of phenols is 1. The molecule has 13 heteroatoms. The molecule has 0 spiro atoms. The van der Waals surface area contributed by atoms with Crippen LogP contribution in [-0.4, -0.2) is 36.9 Å². The topological polar surface area (TPSA) is 119 Å². The highest BCUT2D eigenvalue weighted by atomic mass is 32.2. The number of aromatic hydroxyl groups is 1. The molecule has 0 saturated heterocycles. The normalized spacial score (nSPS) is 14.5. The Balaban J connectivity index is 1.86. The third-order valence-electron chi connectivity index (χ3n) is 7.19. The van der Waals surface area contributed by atoms with Crippen LogP contribution in [0.15, 0.2) is 53.4 Å². The van der Waals surface area contributed by atoms with Crippen LogP contribution in [0.5, 0.6) is 17.2 Å². The van der Waals surface area contributed by atoms with E-state index in [-0.39, 0.29) is 30.4 Å². The van der Waals surface area contributed by atoms with Gasteiger partial charge in [-0.2, -0.15) is 17.2 Å². The third-order valence-corrected chi connectivity index (χ3v) is 8.07. The number of hydrogen-bond donors (Lipinski definition) is 2. The molecular formula is C31H34F4O8S. The van der Waals surface area contributed by atoms with Gasteiger partial charge in [0.2, 0.25) is 17.4 Å². The van der Waals surface area contributed by atoms with E-state index >= 15 is 0 Å². The molecule has 240 valence electrons. The van der Waals surface area contributed by atoms with Crippen molar-refractivity contribution in [2.75, 3.05) is 6.61 Å². The molecule has 0 saturated carbocycles. The van der Waals surface area contributed by atoms with Gasteiger partial charge in [-0.05, 0) is 80.3 Å². The van der Waals surface area contributed by atoms with Gasteiger partial charge in [-0.3, -0.25) is 9.35 Å². The summed E-state index contributed by atoms with van der Waals surface area (Å²) in [6.45, 7) is 7.72. The van der Waals surface area contributed by atoms with Crippen LogP contribution in [0.3, 0.4) is 0 Å². The monoisotopic (exact) mass is 642 g/mol. The second-order valence-electron chi connectivity index (χ2n) is 10.3. The number of ether oxygens (including phenoxy) is 3. The van der Waals surface area contributed by atoms with E-state index in [2.05, 4.69) is 0 Å². The van der Waals surface area contributed by atoms with E-state index in [9.17, 15) is 35.9 Å². The first-order valence-corrected chi connectivity index (χ1v) is 15.3. The summed E-state index contributed by atoms with van der Waals surface area (Å²) in [6.07, 6.45) is 0.264. The zero-order chi connectivity index (χ0) is 32.8. The highest BCUT2D eigenvalue weighted by Crippen LogP contribution is 2.38. The smallest absolute Gasteiger partial charge is 0.314 e. The number of halogens is 4. The van der Waals surface area contributed by atoms with Crippen molar-refractivity contribution in [3.63, 3.8) is 0 Å². The van der Waals surface area contributed by atoms with Crippen molar-refractivity contribution >= 4 is 16.1 Å². The fourth-order valence-corrected chi connectivity index (χ4v) is 5.51. The minimum absolute atomic E-state index is 0.0206.